The highest BCUT2D eigenvalue weighted by Crippen LogP contribution is 2.38. The number of imidazole rings is 1. The van der Waals surface area contributed by atoms with Crippen molar-refractivity contribution in [2.45, 2.75) is 38.1 Å². The molecule has 0 radical (unpaired) electrons. The third kappa shape index (κ3) is 2.59. The predicted octanol–water partition coefficient (Wildman–Crippen LogP) is 2.53. The summed E-state index contributed by atoms with van der Waals surface area (Å²) in [6.07, 6.45) is -1.47. The lowest BCUT2D eigenvalue weighted by Crippen LogP contribution is -2.53. The second-order valence-corrected chi connectivity index (χ2v) is 5.94. The number of hydrogen-bond acceptors (Lipinski definition) is 3. The summed E-state index contributed by atoms with van der Waals surface area (Å²) in [6.45, 7) is 2.93. The van der Waals surface area contributed by atoms with Gasteiger partial charge in [0.25, 0.3) is 0 Å². The molecule has 0 unspecified atom stereocenters. The number of aromatic nitrogens is 2. The summed E-state index contributed by atoms with van der Waals surface area (Å²) in [4.78, 5) is 6.28. The van der Waals surface area contributed by atoms with Gasteiger partial charge in [0.1, 0.15) is 5.65 Å². The van der Waals surface area contributed by atoms with Crippen LogP contribution in [0.1, 0.15) is 24.1 Å². The maximum atomic E-state index is 12.8. The molecule has 3 heterocycles. The number of alkyl halides is 3. The van der Waals surface area contributed by atoms with Crippen molar-refractivity contribution in [3.8, 4) is 0 Å². The predicted molar refractivity (Wildman–Crippen MR) is 75.4 cm³/mol. The second kappa shape index (κ2) is 5.24. The average Bonchev–Trinajstić information content (AvgIpc) is 2.85. The molecule has 1 N–H and O–H groups in total. The van der Waals surface area contributed by atoms with E-state index in [1.807, 2.05) is 34.6 Å². The van der Waals surface area contributed by atoms with E-state index in [2.05, 4.69) is 4.98 Å². The average molecular weight is 313 g/mol. The Morgan fingerprint density at radius 1 is 1.32 bits per heavy atom. The first-order chi connectivity index (χ1) is 10.3. The minimum Gasteiger partial charge on any atom is -0.380 e. The number of rotatable bonds is 2. The Bertz CT molecular complexity index is 672. The molecular weight excluding hydrogens is 295 g/mol. The van der Waals surface area contributed by atoms with Crippen LogP contribution in [-0.4, -0.2) is 44.3 Å². The minimum absolute atomic E-state index is 0.217. The van der Waals surface area contributed by atoms with E-state index in [9.17, 15) is 18.3 Å². The van der Waals surface area contributed by atoms with E-state index in [0.29, 0.717) is 6.54 Å². The zero-order valence-electron chi connectivity index (χ0n) is 12.3. The number of nitrogens with zero attached hydrogens (tertiary/aromatic N) is 3. The fraction of sp³-hybridized carbons (Fsp3) is 0.533. The van der Waals surface area contributed by atoms with Crippen LogP contribution in [-0.2, 0) is 6.54 Å². The topological polar surface area (TPSA) is 40.8 Å². The molecule has 7 heteroatoms. The molecule has 120 valence electrons. The van der Waals surface area contributed by atoms with Gasteiger partial charge >= 0.3 is 6.18 Å². The first-order valence-corrected chi connectivity index (χ1v) is 7.23. The monoisotopic (exact) mass is 313 g/mol. The van der Waals surface area contributed by atoms with Crippen LogP contribution in [0.2, 0.25) is 0 Å². The van der Waals surface area contributed by atoms with Crippen LogP contribution < -0.4 is 0 Å². The third-order valence-electron chi connectivity index (χ3n) is 4.40. The molecule has 2 aromatic rings. The summed E-state index contributed by atoms with van der Waals surface area (Å²) in [7, 11) is 0. The van der Waals surface area contributed by atoms with Crippen LogP contribution in [0.15, 0.2) is 24.5 Å². The van der Waals surface area contributed by atoms with Crippen molar-refractivity contribution in [2.24, 2.45) is 0 Å². The maximum Gasteiger partial charge on any atom is 0.417 e. The van der Waals surface area contributed by atoms with Gasteiger partial charge in [0.05, 0.1) is 11.9 Å². The number of halogens is 3. The highest BCUT2D eigenvalue weighted by Gasteiger charge is 2.54. The molecule has 0 spiro atoms. The maximum absolute atomic E-state index is 12.8. The van der Waals surface area contributed by atoms with Crippen molar-refractivity contribution in [1.82, 2.24) is 14.3 Å². The van der Waals surface area contributed by atoms with Gasteiger partial charge in [-0.1, -0.05) is 6.07 Å². The molecule has 1 fully saturated rings. The number of likely N-dealkylation sites (tertiary alicyclic amines) is 1. The Morgan fingerprint density at radius 2 is 2.00 bits per heavy atom. The smallest absolute Gasteiger partial charge is 0.380 e. The van der Waals surface area contributed by atoms with Gasteiger partial charge in [-0.15, -0.1) is 0 Å². The molecule has 3 rings (SSSR count). The number of aliphatic hydroxyl groups is 1. The molecule has 0 bridgehead atoms. The Morgan fingerprint density at radius 3 is 2.64 bits per heavy atom. The van der Waals surface area contributed by atoms with E-state index < -0.39 is 11.8 Å². The summed E-state index contributed by atoms with van der Waals surface area (Å²) in [6, 6.07) is 3.89. The molecule has 0 aliphatic carbocycles. The van der Waals surface area contributed by atoms with Gasteiger partial charge in [-0.05, 0) is 31.4 Å². The standard InChI is InChI=1S/C15H18F3N3O/c1-11-3-2-6-21-12(9-19-13(11)21)10-20-7-4-14(22,5-8-20)15(16,17)18/h2-3,6,9,22H,4-5,7-8,10H2,1H3. The summed E-state index contributed by atoms with van der Waals surface area (Å²) in [5.41, 5.74) is 0.316. The van der Waals surface area contributed by atoms with Gasteiger partial charge in [0.15, 0.2) is 5.60 Å². The van der Waals surface area contributed by atoms with Crippen LogP contribution in [0, 0.1) is 6.92 Å². The van der Waals surface area contributed by atoms with Crippen molar-refractivity contribution in [3.63, 3.8) is 0 Å². The number of fused-ring (bicyclic) bond motifs is 1. The molecular formula is C15H18F3N3O. The molecule has 22 heavy (non-hydrogen) atoms. The molecule has 1 aliphatic rings. The largest absolute Gasteiger partial charge is 0.417 e. The normalized spacial score (nSPS) is 19.7. The Balaban J connectivity index is 1.72. The number of aryl methyl sites for hydroxylation is 1. The van der Waals surface area contributed by atoms with E-state index in [4.69, 9.17) is 0 Å². The van der Waals surface area contributed by atoms with Crippen LogP contribution in [0.3, 0.4) is 0 Å². The molecule has 2 aromatic heterocycles. The zero-order chi connectivity index (χ0) is 16.0. The number of piperidine rings is 1. The molecule has 0 amide bonds. The molecule has 0 atom stereocenters. The molecule has 1 saturated heterocycles. The second-order valence-electron chi connectivity index (χ2n) is 5.94. The highest BCUT2D eigenvalue weighted by atomic mass is 19.4. The van der Waals surface area contributed by atoms with Crippen LogP contribution in [0.25, 0.3) is 5.65 Å². The Hall–Kier alpha value is -1.60. The van der Waals surface area contributed by atoms with Crippen molar-refractivity contribution < 1.29 is 18.3 Å². The summed E-state index contributed by atoms with van der Waals surface area (Å²) in [5.74, 6) is 0. The quantitative estimate of drug-likeness (QED) is 0.926. The van der Waals surface area contributed by atoms with Gasteiger partial charge in [-0.2, -0.15) is 13.2 Å². The van der Waals surface area contributed by atoms with Gasteiger partial charge in [-0.3, -0.25) is 4.90 Å². The summed E-state index contributed by atoms with van der Waals surface area (Å²) < 4.78 is 40.4. The number of pyridine rings is 1. The first-order valence-electron chi connectivity index (χ1n) is 7.23. The highest BCUT2D eigenvalue weighted by molar-refractivity contribution is 5.48. The van der Waals surface area contributed by atoms with Crippen molar-refractivity contribution in [2.75, 3.05) is 13.1 Å². The van der Waals surface area contributed by atoms with E-state index >= 15 is 0 Å². The molecule has 0 aromatic carbocycles. The van der Waals surface area contributed by atoms with E-state index in [1.165, 1.54) is 0 Å². The fourth-order valence-electron chi connectivity index (χ4n) is 2.91. The van der Waals surface area contributed by atoms with Crippen molar-refractivity contribution in [1.29, 1.82) is 0 Å². The van der Waals surface area contributed by atoms with Crippen LogP contribution in [0.4, 0.5) is 13.2 Å². The van der Waals surface area contributed by atoms with Crippen LogP contribution in [0.5, 0.6) is 0 Å². The SMILES string of the molecule is Cc1cccn2c(CN3CCC(O)(C(F)(F)F)CC3)cnc12. The van der Waals surface area contributed by atoms with E-state index in [-0.39, 0.29) is 25.9 Å². The van der Waals surface area contributed by atoms with E-state index in [0.717, 1.165) is 16.9 Å². The molecule has 0 saturated carbocycles. The zero-order valence-corrected chi connectivity index (χ0v) is 12.3. The summed E-state index contributed by atoms with van der Waals surface area (Å²) >= 11 is 0. The minimum atomic E-state index is -4.56. The Labute approximate surface area is 126 Å². The lowest BCUT2D eigenvalue weighted by atomic mass is 9.91. The Kier molecular flexibility index (Phi) is 3.65. The van der Waals surface area contributed by atoms with Crippen LogP contribution >= 0.6 is 0 Å². The van der Waals surface area contributed by atoms with Crippen molar-refractivity contribution in [3.05, 3.63) is 35.8 Å². The molecule has 4 nitrogen and oxygen atoms in total. The lowest BCUT2D eigenvalue weighted by Gasteiger charge is -2.38. The van der Waals surface area contributed by atoms with Gasteiger partial charge < -0.3 is 9.51 Å². The summed E-state index contributed by atoms with van der Waals surface area (Å²) in [5, 5.41) is 9.69. The molecule has 1 aliphatic heterocycles. The first kappa shape index (κ1) is 15.3. The van der Waals surface area contributed by atoms with Gasteiger partial charge in [-0.25, -0.2) is 4.98 Å². The van der Waals surface area contributed by atoms with Gasteiger partial charge in [0.2, 0.25) is 0 Å². The van der Waals surface area contributed by atoms with E-state index in [1.54, 1.807) is 6.20 Å². The fourth-order valence-corrected chi connectivity index (χ4v) is 2.91. The lowest BCUT2D eigenvalue weighted by molar-refractivity contribution is -0.272. The number of hydrogen-bond donors (Lipinski definition) is 1. The third-order valence-corrected chi connectivity index (χ3v) is 4.40. The van der Waals surface area contributed by atoms with Crippen molar-refractivity contribution >= 4 is 5.65 Å². The van der Waals surface area contributed by atoms with Gasteiger partial charge in [0, 0.05) is 25.8 Å².